The average molecular weight is 2720 g/mol. The van der Waals surface area contributed by atoms with Gasteiger partial charge in [-0.25, -0.2) is 0 Å². The Kier molecular flexibility index (Phi) is 62.5. The lowest BCUT2D eigenvalue weighted by molar-refractivity contribution is -0.00958. The molecule has 0 bridgehead atoms. The first-order valence-electron chi connectivity index (χ1n) is 38.9. The van der Waals surface area contributed by atoms with Crippen LogP contribution in [0.4, 0.5) is 0 Å². The third kappa shape index (κ3) is 47.5. The van der Waals surface area contributed by atoms with E-state index in [4.69, 9.17) is 115 Å². The molecule has 0 aliphatic rings. The fourth-order valence-corrected chi connectivity index (χ4v) is 16.0. The number of benzene rings is 10. The van der Waals surface area contributed by atoms with Crippen LogP contribution in [0.3, 0.4) is 0 Å². The van der Waals surface area contributed by atoms with Crippen LogP contribution < -0.4 is 57.6 Å². The number of hydrogen-bond donors (Lipinski definition) is 8. The Labute approximate surface area is 871 Å². The lowest BCUT2D eigenvalue weighted by Gasteiger charge is -2.15. The van der Waals surface area contributed by atoms with Crippen LogP contribution in [0, 0.1) is 28.6 Å². The molecule has 131 heavy (non-hydrogen) atoms. The van der Waals surface area contributed by atoms with Gasteiger partial charge in [0, 0.05) is 64.4 Å². The number of aromatic hydroxyl groups is 6. The molecule has 0 aliphatic heterocycles. The van der Waals surface area contributed by atoms with Crippen LogP contribution in [-0.4, -0.2) is 215 Å². The summed E-state index contributed by atoms with van der Waals surface area (Å²) >= 11 is 16.9. The molecule has 0 radical (unpaired) electrons. The van der Waals surface area contributed by atoms with Crippen LogP contribution >= 0.6 is 181 Å². The Bertz CT molecular complexity index is 4950. The highest BCUT2D eigenvalue weighted by Crippen LogP contribution is 2.40. The van der Waals surface area contributed by atoms with E-state index in [-0.39, 0.29) is 85.8 Å². The highest BCUT2D eigenvalue weighted by atomic mass is 127. The second-order valence-electron chi connectivity index (χ2n) is 25.7. The van der Waals surface area contributed by atoms with Gasteiger partial charge < -0.3 is 135 Å². The Hall–Kier alpha value is -6.73. The fraction of sp³-hybridized carbons (Fsp3) is 0.308. The monoisotopic (exact) mass is 2720 g/mol. The number of phenols is 6. The molecule has 10 aromatic carbocycles. The Morgan fingerprint density at radius 2 is 0.626 bits per heavy atom. The highest BCUT2D eigenvalue weighted by molar-refractivity contribution is 14.1. The number of phenolic OH excluding ortho intramolecular Hbond substituents is 6. The number of rotatable bonds is 42. The van der Waals surface area contributed by atoms with Crippen molar-refractivity contribution in [2.75, 3.05) is 150 Å². The van der Waals surface area contributed by atoms with Gasteiger partial charge in [-0.15, -0.1) is 0 Å². The zero-order valence-electron chi connectivity index (χ0n) is 73.6. The maximum Gasteiger partial charge on any atom is 0.488 e. The minimum absolute atomic E-state index is 0.0134. The third-order valence-corrected chi connectivity index (χ3v) is 22.3. The molecule has 0 fully saturated rings. The van der Waals surface area contributed by atoms with E-state index in [1.54, 1.807) is 171 Å². The van der Waals surface area contributed by atoms with Gasteiger partial charge in [0.1, 0.15) is 17.2 Å². The van der Waals surface area contributed by atoms with Crippen molar-refractivity contribution in [1.29, 1.82) is 0 Å². The van der Waals surface area contributed by atoms with Crippen LogP contribution in [0.2, 0.25) is 0 Å². The van der Waals surface area contributed by atoms with Gasteiger partial charge in [0.15, 0.2) is 143 Å². The van der Waals surface area contributed by atoms with E-state index in [0.717, 1.165) is 34.3 Å². The molecule has 714 valence electrons. The van der Waals surface area contributed by atoms with E-state index in [1.807, 2.05) is 75.5 Å². The summed E-state index contributed by atoms with van der Waals surface area (Å²) in [5.41, 5.74) is 2.29. The SMILES string of the molecule is CC(=O)c1cc(I)c(O)c(I)c1.CCCCOCOc1cc(B(O)O)ccc1OC.COCCOCOc1cc(I)ccc1O.COCCOCOc1cc(I)ccc1OC.COCCOCOc1cc(Oc2c(I)cc(C(C)=O)cc2I)ccc1OC.COCCOCOc1ccccc1O.COc1ccc(Oc2c(I)cc(C(C)=O)cc2I)cc1O.Oc1ccccc1O. The summed E-state index contributed by atoms with van der Waals surface area (Å²) in [5.74, 6) is 7.51. The summed E-state index contributed by atoms with van der Waals surface area (Å²) in [7, 11) is 11.1. The van der Waals surface area contributed by atoms with Crippen molar-refractivity contribution in [3.8, 4) is 109 Å². The van der Waals surface area contributed by atoms with E-state index in [1.165, 1.54) is 52.3 Å². The molecule has 0 aromatic heterocycles. The molecular formula is C91H105BI8O31. The van der Waals surface area contributed by atoms with Gasteiger partial charge in [-0.3, -0.25) is 14.4 Å². The number of ketones is 3. The van der Waals surface area contributed by atoms with Gasteiger partial charge in [-0.1, -0.05) is 43.7 Å². The van der Waals surface area contributed by atoms with E-state index in [0.29, 0.717) is 163 Å². The van der Waals surface area contributed by atoms with Crippen LogP contribution in [0.15, 0.2) is 176 Å². The molecule has 40 heteroatoms. The van der Waals surface area contributed by atoms with Crippen LogP contribution in [0.1, 0.15) is 71.6 Å². The van der Waals surface area contributed by atoms with E-state index < -0.39 is 7.12 Å². The Balaban J connectivity index is 0.000000393. The minimum Gasteiger partial charge on any atom is -0.506 e. The molecular weight excluding hydrogens is 2620 g/mol. The summed E-state index contributed by atoms with van der Waals surface area (Å²) < 4.78 is 112. The van der Waals surface area contributed by atoms with E-state index in [2.05, 4.69) is 142 Å². The zero-order valence-corrected chi connectivity index (χ0v) is 90.9. The first-order valence-corrected chi connectivity index (χ1v) is 47.6. The molecule has 0 amide bonds. The van der Waals surface area contributed by atoms with Crippen molar-refractivity contribution in [2.24, 2.45) is 0 Å². The number of carbonyl (C=O) groups excluding carboxylic acids is 3. The van der Waals surface area contributed by atoms with Crippen LogP contribution in [0.5, 0.6) is 109 Å². The van der Waals surface area contributed by atoms with Crippen LogP contribution in [-0.2, 0) is 42.6 Å². The van der Waals surface area contributed by atoms with Gasteiger partial charge >= 0.3 is 7.12 Å². The molecule has 0 unspecified atom stereocenters. The summed E-state index contributed by atoms with van der Waals surface area (Å²) in [6.45, 7) is 11.9. The summed E-state index contributed by atoms with van der Waals surface area (Å²) in [5, 5.41) is 73.4. The molecule has 31 nitrogen and oxygen atoms in total. The largest absolute Gasteiger partial charge is 0.506 e. The third-order valence-electron chi connectivity index (χ3n) is 16.1. The topological polar surface area (TPSA) is 398 Å². The van der Waals surface area contributed by atoms with Gasteiger partial charge in [0.05, 0.1) is 109 Å². The number of unbranched alkanes of at least 4 members (excludes halogenated alkanes) is 1. The number of para-hydroxylation sites is 4. The number of Topliss-reactive ketones (excluding diaryl/α,β-unsaturated/α-hetero) is 3. The number of hydrogen-bond acceptors (Lipinski definition) is 31. The maximum atomic E-state index is 11.6. The predicted molar refractivity (Wildman–Crippen MR) is 562 cm³/mol. The lowest BCUT2D eigenvalue weighted by Crippen LogP contribution is -2.29. The van der Waals surface area contributed by atoms with Crippen molar-refractivity contribution in [1.82, 2.24) is 0 Å². The summed E-state index contributed by atoms with van der Waals surface area (Å²) in [4.78, 5) is 34.0. The molecule has 0 saturated heterocycles. The summed E-state index contributed by atoms with van der Waals surface area (Å²) in [6.07, 6.45) is 2.05. The van der Waals surface area contributed by atoms with Crippen molar-refractivity contribution in [3.05, 3.63) is 221 Å². The fourth-order valence-electron chi connectivity index (χ4n) is 9.31. The average Bonchev–Trinajstić information content (AvgIpc) is 0.825. The predicted octanol–water partition coefficient (Wildman–Crippen LogP) is 19.6. The smallest absolute Gasteiger partial charge is 0.488 e. The Morgan fingerprint density at radius 1 is 0.305 bits per heavy atom. The van der Waals surface area contributed by atoms with Gasteiger partial charge in [0.2, 0.25) is 0 Å². The lowest BCUT2D eigenvalue weighted by atomic mass is 9.80. The van der Waals surface area contributed by atoms with Gasteiger partial charge in [-0.05, 0) is 347 Å². The zero-order chi connectivity index (χ0) is 97.2. The molecule has 0 spiro atoms. The van der Waals surface area contributed by atoms with Crippen molar-refractivity contribution in [2.45, 2.75) is 40.5 Å². The highest BCUT2D eigenvalue weighted by Gasteiger charge is 2.19. The normalized spacial score (nSPS) is 10.2. The number of methoxy groups -OCH3 is 8. The summed E-state index contributed by atoms with van der Waals surface area (Å²) in [6, 6.07) is 49.1. The second-order valence-corrected chi connectivity index (χ2v) is 35.1. The molecule has 0 heterocycles. The molecule has 0 saturated carbocycles. The van der Waals surface area contributed by atoms with Crippen molar-refractivity contribution in [3.63, 3.8) is 0 Å². The minimum atomic E-state index is -1.53. The van der Waals surface area contributed by atoms with E-state index >= 15 is 0 Å². The quantitative estimate of drug-likeness (QED) is 0.00440. The molecule has 0 atom stereocenters. The van der Waals surface area contributed by atoms with Gasteiger partial charge in [0.25, 0.3) is 0 Å². The number of carbonyl (C=O) groups is 3. The maximum absolute atomic E-state index is 11.6. The first kappa shape index (κ1) is 118. The Morgan fingerprint density at radius 3 is 1.00 bits per heavy atom. The molecule has 10 aromatic rings. The van der Waals surface area contributed by atoms with Crippen LogP contribution in [0.25, 0.3) is 0 Å². The number of ether oxygens (including phenoxy) is 20. The van der Waals surface area contributed by atoms with Gasteiger partial charge in [-0.2, -0.15) is 0 Å². The first-order chi connectivity index (χ1) is 62.7. The molecule has 10 rings (SSSR count). The van der Waals surface area contributed by atoms with Crippen molar-refractivity contribution < 1.29 is 150 Å². The standard InChI is InChI=1S/C19H20I2O6.C15H12I2O4.C12H19BO5.C11H15IO4.C10H13IO4.C10H14O4.C8H6I2O2.C6H6O2/c1-12(22)13-8-15(20)19(16(21)9-13)27-14-4-5-17(24-3)18(10-14)26-11-25-7-6-23-2;1-8(18)9-5-11(16)15(12(17)6-9)21-10-3-4-14(20-2)13(19)7-10;1-3-4-7-17-9-18-12-8-10(13(14)15)5-6-11(12)16-2;1-13-5-6-15-8-16-11-7-9(12)3-4-10(11)14-2;1-13-4-5-14-7-15-10-6-8(11)2-3-9(10)12;1-12-6-7-13-8-14-10-5-3-2-4-9(10)11;1-4(11)5-2-6(9)8(12)7(10)3-5;7-5-3-1-2-4-6(5)8/h4-5,8-10H,6-7,11H2,1-3H3;3-7,19H,1-2H3;5-6,8,14-15H,3-4,7,9H2,1-2H3;3-4,7H,5-6,8H2,1-2H3;2-3,6,12H,4-5,7H2,1H3;2-5,11H,6-8H2,1H3;2-3,12H,1H3;1-4,7-8H. The van der Waals surface area contributed by atoms with Crippen molar-refractivity contribution >= 4 is 211 Å². The number of halogens is 8. The van der Waals surface area contributed by atoms with E-state index in [9.17, 15) is 34.8 Å². The molecule has 8 N–H and O–H groups in total. The second kappa shape index (κ2) is 69.1. The molecule has 0 aliphatic carbocycles.